The molecule has 0 atom stereocenters. The lowest BCUT2D eigenvalue weighted by Crippen LogP contribution is -2.25. The van der Waals surface area contributed by atoms with Crippen molar-refractivity contribution >= 4 is 46.1 Å². The maximum atomic E-state index is 13.7. The van der Waals surface area contributed by atoms with Gasteiger partial charge < -0.3 is 14.4 Å². The van der Waals surface area contributed by atoms with Crippen LogP contribution in [0.3, 0.4) is 0 Å². The zero-order valence-electron chi connectivity index (χ0n) is 21.1. The van der Waals surface area contributed by atoms with Crippen LogP contribution in [-0.4, -0.2) is 39.4 Å². The van der Waals surface area contributed by atoms with Gasteiger partial charge in [-0.3, -0.25) is 9.36 Å². The van der Waals surface area contributed by atoms with Crippen LogP contribution in [0.4, 0.5) is 5.69 Å². The van der Waals surface area contributed by atoms with Gasteiger partial charge in [0.1, 0.15) is 17.2 Å². The molecule has 5 rings (SSSR count). The van der Waals surface area contributed by atoms with Crippen molar-refractivity contribution in [2.45, 2.75) is 45.3 Å². The molecule has 2 aromatic heterocycles. The highest BCUT2D eigenvalue weighted by Gasteiger charge is 2.19. The summed E-state index contributed by atoms with van der Waals surface area (Å²) in [7, 11) is 0.478. The Morgan fingerprint density at radius 2 is 1.71 bits per heavy atom. The van der Waals surface area contributed by atoms with E-state index in [-0.39, 0.29) is 12.3 Å². The Bertz CT molecular complexity index is 1400. The second kappa shape index (κ2) is 9.80. The first-order valence-electron chi connectivity index (χ1n) is 12.4. The fraction of sp³-hybridized carbons (Fsp3) is 0.393. The number of hydrogen-bond acceptors (Lipinski definition) is 5. The Labute approximate surface area is 211 Å². The minimum atomic E-state index is -1.19. The van der Waals surface area contributed by atoms with E-state index in [9.17, 15) is 4.79 Å². The molecule has 0 unspecified atom stereocenters. The zero-order chi connectivity index (χ0) is 24.6. The van der Waals surface area contributed by atoms with E-state index in [1.54, 1.807) is 18.4 Å². The Kier molecular flexibility index (Phi) is 6.75. The summed E-state index contributed by atoms with van der Waals surface area (Å²) in [6.07, 6.45) is 2.47. The molecule has 3 heterocycles. The highest BCUT2D eigenvalue weighted by Crippen LogP contribution is 2.37. The zero-order valence-corrected chi connectivity index (χ0v) is 22.9. The maximum absolute atomic E-state index is 13.7. The van der Waals surface area contributed by atoms with Gasteiger partial charge in [-0.2, -0.15) is 0 Å². The van der Waals surface area contributed by atoms with Crippen LogP contribution in [0.15, 0.2) is 53.3 Å². The monoisotopic (exact) mass is 506 g/mol. The number of thiophene rings is 1. The van der Waals surface area contributed by atoms with Gasteiger partial charge in [-0.15, -0.1) is 11.3 Å². The molecule has 0 aliphatic carbocycles. The van der Waals surface area contributed by atoms with E-state index in [2.05, 4.69) is 60.9 Å². The van der Waals surface area contributed by atoms with Gasteiger partial charge in [-0.1, -0.05) is 19.6 Å². The van der Waals surface area contributed by atoms with Crippen molar-refractivity contribution in [1.29, 1.82) is 0 Å². The molecule has 1 aliphatic heterocycles. The SMILES string of the molecule is COc1ccc(-c2cc3c(s2)c(=O)n(COCC[Si](C)(C)C)c2ccc(N4CCCC4)cc32)cc1. The molecule has 1 saturated heterocycles. The van der Waals surface area contributed by atoms with Crippen LogP contribution in [0.25, 0.3) is 31.4 Å². The van der Waals surface area contributed by atoms with E-state index in [0.29, 0.717) is 6.61 Å². The van der Waals surface area contributed by atoms with Gasteiger partial charge in [-0.05, 0) is 73.0 Å². The van der Waals surface area contributed by atoms with Crippen LogP contribution in [0.5, 0.6) is 5.75 Å². The topological polar surface area (TPSA) is 43.7 Å². The molecule has 35 heavy (non-hydrogen) atoms. The number of anilines is 1. The number of fused-ring (bicyclic) bond motifs is 3. The van der Waals surface area contributed by atoms with Crippen LogP contribution in [0.1, 0.15) is 12.8 Å². The van der Waals surface area contributed by atoms with E-state index in [1.165, 1.54) is 18.5 Å². The van der Waals surface area contributed by atoms with Gasteiger partial charge in [0, 0.05) is 49.1 Å². The third-order valence-electron chi connectivity index (χ3n) is 6.80. The summed E-state index contributed by atoms with van der Waals surface area (Å²) in [6, 6.07) is 17.8. The van der Waals surface area contributed by atoms with E-state index < -0.39 is 8.07 Å². The van der Waals surface area contributed by atoms with Crippen molar-refractivity contribution in [3.05, 3.63) is 58.9 Å². The van der Waals surface area contributed by atoms with Crippen LogP contribution in [0.2, 0.25) is 25.7 Å². The lowest BCUT2D eigenvalue weighted by Gasteiger charge is -2.20. The van der Waals surface area contributed by atoms with Crippen LogP contribution in [-0.2, 0) is 11.5 Å². The molecular formula is C28H34N2O3SSi. The first-order valence-corrected chi connectivity index (χ1v) is 16.9. The molecule has 7 heteroatoms. The highest BCUT2D eigenvalue weighted by molar-refractivity contribution is 7.22. The molecule has 0 radical (unpaired) electrons. The molecule has 184 valence electrons. The Hall–Kier alpha value is -2.61. The molecule has 0 bridgehead atoms. The summed E-state index contributed by atoms with van der Waals surface area (Å²) in [4.78, 5) is 17.2. The number of rotatable bonds is 8. The average molecular weight is 507 g/mol. The maximum Gasteiger partial charge on any atom is 0.270 e. The van der Waals surface area contributed by atoms with Crippen LogP contribution >= 0.6 is 11.3 Å². The fourth-order valence-electron chi connectivity index (χ4n) is 4.69. The number of aromatic nitrogens is 1. The molecule has 4 aromatic rings. The second-order valence-corrected chi connectivity index (χ2v) is 17.2. The number of pyridine rings is 1. The largest absolute Gasteiger partial charge is 0.497 e. The summed E-state index contributed by atoms with van der Waals surface area (Å²) in [6.45, 7) is 10.2. The molecule has 0 spiro atoms. The number of benzene rings is 2. The second-order valence-electron chi connectivity index (χ2n) is 10.6. The number of hydrogen-bond donors (Lipinski definition) is 0. The van der Waals surface area contributed by atoms with Crippen molar-refractivity contribution in [2.75, 3.05) is 31.7 Å². The van der Waals surface area contributed by atoms with Gasteiger partial charge in [0.05, 0.1) is 12.6 Å². The molecule has 0 amide bonds. The summed E-state index contributed by atoms with van der Waals surface area (Å²) in [5.41, 5.74) is 3.29. The van der Waals surface area contributed by atoms with E-state index in [0.717, 1.165) is 56.3 Å². The lowest BCUT2D eigenvalue weighted by molar-refractivity contribution is 0.0882. The summed E-state index contributed by atoms with van der Waals surface area (Å²) in [5, 5.41) is 2.15. The quantitative estimate of drug-likeness (QED) is 0.195. The van der Waals surface area contributed by atoms with Crippen LogP contribution in [0, 0.1) is 0 Å². The third kappa shape index (κ3) is 5.03. The molecule has 5 nitrogen and oxygen atoms in total. The molecule has 1 aliphatic rings. The summed E-state index contributed by atoms with van der Waals surface area (Å²) < 4.78 is 14.0. The highest BCUT2D eigenvalue weighted by atomic mass is 32.1. The van der Waals surface area contributed by atoms with Crippen molar-refractivity contribution in [2.24, 2.45) is 0 Å². The standard InChI is InChI=1S/C28H34N2O3SSi/c1-32-22-10-7-20(8-11-22)26-18-24-23-17-21(29-13-5-6-14-29)9-12-25(23)30(28(31)27(24)34-26)19-33-15-16-35(2,3)4/h7-12,17-18H,5-6,13-16,19H2,1-4H3. The van der Waals surface area contributed by atoms with Gasteiger partial charge in [0.2, 0.25) is 0 Å². The van der Waals surface area contributed by atoms with Crippen molar-refractivity contribution in [1.82, 2.24) is 4.57 Å². The normalized spacial score (nSPS) is 14.3. The first-order chi connectivity index (χ1) is 16.8. The van der Waals surface area contributed by atoms with Crippen molar-refractivity contribution < 1.29 is 9.47 Å². The number of methoxy groups -OCH3 is 1. The van der Waals surface area contributed by atoms with Crippen molar-refractivity contribution in [3.8, 4) is 16.2 Å². The summed E-state index contributed by atoms with van der Waals surface area (Å²) >= 11 is 1.56. The smallest absolute Gasteiger partial charge is 0.270 e. The molecule has 0 saturated carbocycles. The molecular weight excluding hydrogens is 472 g/mol. The van der Waals surface area contributed by atoms with E-state index >= 15 is 0 Å². The van der Waals surface area contributed by atoms with Gasteiger partial charge in [-0.25, -0.2) is 0 Å². The molecule has 0 N–H and O–H groups in total. The predicted molar refractivity (Wildman–Crippen MR) is 151 cm³/mol. The van der Waals surface area contributed by atoms with E-state index in [1.807, 2.05) is 16.7 Å². The Morgan fingerprint density at radius 1 is 0.971 bits per heavy atom. The minimum Gasteiger partial charge on any atom is -0.497 e. The Morgan fingerprint density at radius 3 is 2.40 bits per heavy atom. The predicted octanol–water partition coefficient (Wildman–Crippen LogP) is 6.80. The van der Waals surface area contributed by atoms with Gasteiger partial charge in [0.15, 0.2) is 0 Å². The summed E-state index contributed by atoms with van der Waals surface area (Å²) in [5.74, 6) is 0.827. The number of ether oxygens (including phenoxy) is 2. The average Bonchev–Trinajstić information content (AvgIpc) is 3.54. The van der Waals surface area contributed by atoms with Gasteiger partial charge in [0.25, 0.3) is 5.56 Å². The lowest BCUT2D eigenvalue weighted by atomic mass is 10.1. The van der Waals surface area contributed by atoms with Gasteiger partial charge >= 0.3 is 0 Å². The van der Waals surface area contributed by atoms with Crippen molar-refractivity contribution in [3.63, 3.8) is 0 Å². The Balaban J connectivity index is 1.61. The van der Waals surface area contributed by atoms with E-state index in [4.69, 9.17) is 9.47 Å². The third-order valence-corrected chi connectivity index (χ3v) is 9.67. The molecule has 2 aromatic carbocycles. The molecule has 1 fully saturated rings. The van der Waals surface area contributed by atoms with Crippen LogP contribution < -0.4 is 15.2 Å². The fourth-order valence-corrected chi connectivity index (χ4v) is 6.57. The number of nitrogens with zero attached hydrogens (tertiary/aromatic N) is 2. The first kappa shape index (κ1) is 24.1. The minimum absolute atomic E-state index is 0.0270.